The Morgan fingerprint density at radius 3 is 2.52 bits per heavy atom. The maximum Gasteiger partial charge on any atom is 0.278 e. The molecule has 1 aliphatic heterocycles. The second-order valence-electron chi connectivity index (χ2n) is 8.20. The first-order valence-electron chi connectivity index (χ1n) is 10.5. The van der Waals surface area contributed by atoms with Gasteiger partial charge in [-0.2, -0.15) is 5.10 Å². The molecule has 1 unspecified atom stereocenters. The summed E-state index contributed by atoms with van der Waals surface area (Å²) in [7, 11) is 0. The molecule has 0 saturated carbocycles. The van der Waals surface area contributed by atoms with Gasteiger partial charge < -0.3 is 9.64 Å². The van der Waals surface area contributed by atoms with E-state index >= 15 is 0 Å². The highest BCUT2D eigenvalue weighted by Crippen LogP contribution is 2.37. The van der Waals surface area contributed by atoms with Gasteiger partial charge in [-0.1, -0.05) is 30.7 Å². The lowest BCUT2D eigenvalue weighted by atomic mass is 10.0. The Morgan fingerprint density at radius 1 is 1.06 bits per heavy atom. The van der Waals surface area contributed by atoms with Crippen molar-refractivity contribution >= 4 is 17.5 Å². The first-order valence-corrected chi connectivity index (χ1v) is 10.5. The van der Waals surface area contributed by atoms with Crippen LogP contribution in [0.3, 0.4) is 0 Å². The van der Waals surface area contributed by atoms with Crippen LogP contribution in [0, 0.1) is 27.7 Å². The van der Waals surface area contributed by atoms with Crippen molar-refractivity contribution < 1.29 is 14.3 Å². The second-order valence-corrected chi connectivity index (χ2v) is 8.20. The largest absolute Gasteiger partial charge is 0.478 e. The van der Waals surface area contributed by atoms with Crippen molar-refractivity contribution in [2.24, 2.45) is 0 Å². The van der Waals surface area contributed by atoms with Gasteiger partial charge >= 0.3 is 0 Å². The first kappa shape index (κ1) is 20.8. The van der Waals surface area contributed by atoms with Crippen molar-refractivity contribution in [2.45, 2.75) is 53.7 Å². The number of carbonyl (C=O) groups is 2. The highest BCUT2D eigenvalue weighted by atomic mass is 16.5. The average molecular weight is 418 g/mol. The van der Waals surface area contributed by atoms with Gasteiger partial charge in [-0.25, -0.2) is 4.68 Å². The van der Waals surface area contributed by atoms with E-state index in [-0.39, 0.29) is 11.8 Å². The van der Waals surface area contributed by atoms with Crippen molar-refractivity contribution in [3.63, 3.8) is 0 Å². The number of nitrogens with zero attached hydrogens (tertiary/aromatic N) is 3. The predicted octanol–water partition coefficient (Wildman–Crippen LogP) is 4.51. The highest BCUT2D eigenvalue weighted by Gasteiger charge is 2.34. The smallest absolute Gasteiger partial charge is 0.278 e. The Hall–Kier alpha value is -3.41. The normalized spacial score (nSPS) is 15.6. The van der Waals surface area contributed by atoms with Crippen molar-refractivity contribution in [3.8, 4) is 5.75 Å². The standard InChI is InChI=1S/C25H27N3O3/c1-6-22-25(30)27(14-20-11-15(2)7-8-16(20)3)21-13-19(9-10-23(21)31-22)24(29)28-18(5)12-17(4)26-28/h7-13,22H,6,14H2,1-5H3. The molecule has 2 aromatic carbocycles. The van der Waals surface area contributed by atoms with Gasteiger partial charge in [0.2, 0.25) is 0 Å². The maximum absolute atomic E-state index is 13.2. The molecule has 0 saturated heterocycles. The summed E-state index contributed by atoms with van der Waals surface area (Å²) in [6.45, 7) is 10.1. The van der Waals surface area contributed by atoms with Gasteiger partial charge in [0.25, 0.3) is 11.8 Å². The van der Waals surface area contributed by atoms with Gasteiger partial charge in [0.05, 0.1) is 17.9 Å². The van der Waals surface area contributed by atoms with E-state index in [0.717, 1.165) is 28.1 Å². The van der Waals surface area contributed by atoms with Gasteiger partial charge in [-0.05, 0) is 69.5 Å². The van der Waals surface area contributed by atoms with Crippen molar-refractivity contribution in [1.82, 2.24) is 9.78 Å². The minimum absolute atomic E-state index is 0.0911. The van der Waals surface area contributed by atoms with E-state index in [9.17, 15) is 9.59 Å². The van der Waals surface area contributed by atoms with Gasteiger partial charge in [0.1, 0.15) is 5.75 Å². The topological polar surface area (TPSA) is 64.4 Å². The van der Waals surface area contributed by atoms with Gasteiger partial charge in [0, 0.05) is 11.3 Å². The molecule has 6 heteroatoms. The lowest BCUT2D eigenvalue weighted by molar-refractivity contribution is -0.126. The van der Waals surface area contributed by atoms with Crippen molar-refractivity contribution in [3.05, 3.63) is 76.1 Å². The van der Waals surface area contributed by atoms with E-state index in [1.165, 1.54) is 4.68 Å². The number of hydrogen-bond acceptors (Lipinski definition) is 4. The maximum atomic E-state index is 13.2. The molecule has 3 aromatic rings. The Bertz CT molecular complexity index is 1180. The van der Waals surface area contributed by atoms with Crippen LogP contribution in [0.25, 0.3) is 0 Å². The number of amides is 1. The number of rotatable bonds is 4. The van der Waals surface area contributed by atoms with E-state index in [1.54, 1.807) is 23.1 Å². The van der Waals surface area contributed by atoms with E-state index in [1.807, 2.05) is 40.7 Å². The molecule has 4 rings (SSSR count). The molecule has 0 bridgehead atoms. The zero-order valence-electron chi connectivity index (χ0n) is 18.6. The molecule has 0 spiro atoms. The Morgan fingerprint density at radius 2 is 1.84 bits per heavy atom. The van der Waals surface area contributed by atoms with Crippen LogP contribution < -0.4 is 9.64 Å². The predicted molar refractivity (Wildman–Crippen MR) is 120 cm³/mol. The third kappa shape index (κ3) is 3.85. The number of aromatic nitrogens is 2. The lowest BCUT2D eigenvalue weighted by Gasteiger charge is -2.34. The Labute approximate surface area is 182 Å². The minimum Gasteiger partial charge on any atom is -0.478 e. The van der Waals surface area contributed by atoms with Crippen LogP contribution in [-0.2, 0) is 11.3 Å². The number of carbonyl (C=O) groups excluding carboxylic acids is 2. The summed E-state index contributed by atoms with van der Waals surface area (Å²) in [5.74, 6) is 0.290. The van der Waals surface area contributed by atoms with E-state index in [4.69, 9.17) is 4.74 Å². The molecule has 160 valence electrons. The monoisotopic (exact) mass is 417 g/mol. The molecule has 1 amide bonds. The van der Waals surface area contributed by atoms with E-state index in [0.29, 0.717) is 30.0 Å². The van der Waals surface area contributed by atoms with Gasteiger partial charge in [-0.3, -0.25) is 9.59 Å². The van der Waals surface area contributed by atoms with Crippen LogP contribution in [0.2, 0.25) is 0 Å². The second kappa shape index (κ2) is 8.02. The van der Waals surface area contributed by atoms with Crippen molar-refractivity contribution in [2.75, 3.05) is 4.90 Å². The van der Waals surface area contributed by atoms with Gasteiger partial charge in [0.15, 0.2) is 6.10 Å². The molecule has 0 fully saturated rings. The molecule has 6 nitrogen and oxygen atoms in total. The third-order valence-corrected chi connectivity index (χ3v) is 5.71. The summed E-state index contributed by atoms with van der Waals surface area (Å²) in [4.78, 5) is 28.1. The number of anilines is 1. The SMILES string of the molecule is CCC1Oc2ccc(C(=O)n3nc(C)cc3C)cc2N(Cc2cc(C)ccc2C)C1=O. The zero-order valence-corrected chi connectivity index (χ0v) is 18.6. The average Bonchev–Trinajstić information content (AvgIpc) is 3.09. The third-order valence-electron chi connectivity index (χ3n) is 5.71. The summed E-state index contributed by atoms with van der Waals surface area (Å²) in [5, 5.41) is 4.30. The van der Waals surface area contributed by atoms with Crippen LogP contribution in [0.5, 0.6) is 5.75 Å². The highest BCUT2D eigenvalue weighted by molar-refractivity contribution is 6.03. The lowest BCUT2D eigenvalue weighted by Crippen LogP contribution is -2.45. The molecule has 31 heavy (non-hydrogen) atoms. The molecule has 0 radical (unpaired) electrons. The van der Waals surface area contributed by atoms with Crippen LogP contribution in [0.1, 0.15) is 51.8 Å². The molecule has 0 N–H and O–H groups in total. The summed E-state index contributed by atoms with van der Waals surface area (Å²) in [5.41, 5.74) is 5.96. The minimum atomic E-state index is -0.532. The summed E-state index contributed by atoms with van der Waals surface area (Å²) >= 11 is 0. The van der Waals surface area contributed by atoms with Crippen LogP contribution >= 0.6 is 0 Å². The molecular formula is C25H27N3O3. The number of fused-ring (bicyclic) bond motifs is 1. The van der Waals surface area contributed by atoms with Crippen LogP contribution in [0.15, 0.2) is 42.5 Å². The van der Waals surface area contributed by atoms with Crippen LogP contribution in [0.4, 0.5) is 5.69 Å². The molecular weight excluding hydrogens is 390 g/mol. The molecule has 2 heterocycles. The molecule has 1 atom stereocenters. The zero-order chi connectivity index (χ0) is 22.3. The summed E-state index contributed by atoms with van der Waals surface area (Å²) in [6.07, 6.45) is 0.0452. The molecule has 1 aliphatic rings. The molecule has 0 aliphatic carbocycles. The fourth-order valence-corrected chi connectivity index (χ4v) is 3.98. The number of hydrogen-bond donors (Lipinski definition) is 0. The first-order chi connectivity index (χ1) is 14.8. The quantitative estimate of drug-likeness (QED) is 0.627. The Balaban J connectivity index is 1.77. The van der Waals surface area contributed by atoms with E-state index < -0.39 is 6.10 Å². The van der Waals surface area contributed by atoms with Crippen molar-refractivity contribution in [1.29, 1.82) is 0 Å². The van der Waals surface area contributed by atoms with Crippen LogP contribution in [-0.4, -0.2) is 27.7 Å². The van der Waals surface area contributed by atoms with Gasteiger partial charge in [-0.15, -0.1) is 0 Å². The summed E-state index contributed by atoms with van der Waals surface area (Å²) in [6, 6.07) is 13.3. The number of aryl methyl sites for hydroxylation is 4. The number of ether oxygens (including phenoxy) is 1. The molecule has 1 aromatic heterocycles. The fraction of sp³-hybridized carbons (Fsp3) is 0.320. The summed E-state index contributed by atoms with van der Waals surface area (Å²) < 4.78 is 7.35. The number of benzene rings is 2. The Kier molecular flexibility index (Phi) is 5.39. The fourth-order valence-electron chi connectivity index (χ4n) is 3.98. The van der Waals surface area contributed by atoms with E-state index in [2.05, 4.69) is 23.3 Å².